The number of aromatic nitrogens is 1. The molecule has 1 amide bonds. The van der Waals surface area contributed by atoms with Gasteiger partial charge < -0.3 is 14.0 Å². The van der Waals surface area contributed by atoms with Gasteiger partial charge in [-0.1, -0.05) is 31.3 Å². The fourth-order valence-corrected chi connectivity index (χ4v) is 6.28. The van der Waals surface area contributed by atoms with Crippen molar-refractivity contribution in [2.45, 2.75) is 38.1 Å². The minimum Gasteiger partial charge on any atom is -0.495 e. The third kappa shape index (κ3) is 5.80. The topological polar surface area (TPSA) is 107 Å². The summed E-state index contributed by atoms with van der Waals surface area (Å²) in [6.45, 7) is 4.57. The van der Waals surface area contributed by atoms with Gasteiger partial charge >= 0.3 is 5.97 Å². The van der Waals surface area contributed by atoms with Crippen molar-refractivity contribution in [3.05, 3.63) is 52.8 Å². The first kappa shape index (κ1) is 26.6. The predicted molar refractivity (Wildman–Crippen MR) is 134 cm³/mol. The standard InChI is InChI=1S/C24H29N3O6S2/c1-5-14-26(15-6-2)35(30,31)18-12-10-17(11-13-18)23(29)25-24-27(16-21(28)33-4)22-19(32-3)8-7-9-20(22)34-24/h7-13H,5-6,14-16H2,1-4H3. The predicted octanol–water partition coefficient (Wildman–Crippen LogP) is 3.44. The van der Waals surface area contributed by atoms with Gasteiger partial charge in [-0.25, -0.2) is 8.42 Å². The summed E-state index contributed by atoms with van der Waals surface area (Å²) < 4.78 is 40.0. The monoisotopic (exact) mass is 519 g/mol. The number of thiazole rings is 1. The number of nitrogens with zero attached hydrogens (tertiary/aromatic N) is 3. The Labute approximate surface area is 208 Å². The second kappa shape index (κ2) is 11.6. The van der Waals surface area contributed by atoms with E-state index in [0.717, 1.165) is 4.70 Å². The Balaban J connectivity index is 2.01. The second-order valence-electron chi connectivity index (χ2n) is 7.70. The van der Waals surface area contributed by atoms with E-state index >= 15 is 0 Å². The molecule has 0 unspecified atom stereocenters. The maximum atomic E-state index is 13.0. The highest BCUT2D eigenvalue weighted by Crippen LogP contribution is 2.27. The summed E-state index contributed by atoms with van der Waals surface area (Å²) in [5, 5.41) is 0. The van der Waals surface area contributed by atoms with Crippen LogP contribution in [0.2, 0.25) is 0 Å². The van der Waals surface area contributed by atoms with Crippen LogP contribution in [-0.4, -0.2) is 56.5 Å². The third-order valence-electron chi connectivity index (χ3n) is 5.28. The number of sulfonamides is 1. The van der Waals surface area contributed by atoms with E-state index in [1.54, 1.807) is 10.6 Å². The molecule has 188 valence electrons. The molecule has 0 aliphatic carbocycles. The minimum absolute atomic E-state index is 0.128. The lowest BCUT2D eigenvalue weighted by Gasteiger charge is -2.21. The molecule has 11 heteroatoms. The maximum absolute atomic E-state index is 13.0. The van der Waals surface area contributed by atoms with Crippen molar-refractivity contribution >= 4 is 43.5 Å². The van der Waals surface area contributed by atoms with Crippen LogP contribution in [0.3, 0.4) is 0 Å². The first-order valence-corrected chi connectivity index (χ1v) is 13.4. The Morgan fingerprint density at radius 3 is 2.26 bits per heavy atom. The van der Waals surface area contributed by atoms with Gasteiger partial charge in [0.1, 0.15) is 17.8 Å². The van der Waals surface area contributed by atoms with Crippen molar-refractivity contribution in [2.24, 2.45) is 4.99 Å². The van der Waals surface area contributed by atoms with E-state index in [2.05, 4.69) is 4.99 Å². The number of methoxy groups -OCH3 is 2. The Morgan fingerprint density at radius 1 is 1.03 bits per heavy atom. The van der Waals surface area contributed by atoms with E-state index in [0.29, 0.717) is 42.0 Å². The number of fused-ring (bicyclic) bond motifs is 1. The molecule has 0 saturated heterocycles. The average Bonchev–Trinajstić information content (AvgIpc) is 3.20. The van der Waals surface area contributed by atoms with Crippen molar-refractivity contribution in [1.29, 1.82) is 0 Å². The van der Waals surface area contributed by atoms with Crippen LogP contribution in [0, 0.1) is 0 Å². The fourth-order valence-electron chi connectivity index (χ4n) is 3.61. The molecule has 0 saturated carbocycles. The zero-order chi connectivity index (χ0) is 25.6. The molecule has 2 aromatic carbocycles. The van der Waals surface area contributed by atoms with E-state index in [9.17, 15) is 18.0 Å². The maximum Gasteiger partial charge on any atom is 0.325 e. The summed E-state index contributed by atoms with van der Waals surface area (Å²) in [7, 11) is -0.842. The number of para-hydroxylation sites is 1. The molecule has 3 rings (SSSR count). The van der Waals surface area contributed by atoms with Crippen LogP contribution in [0.15, 0.2) is 52.4 Å². The van der Waals surface area contributed by atoms with Crippen LogP contribution in [-0.2, 0) is 26.1 Å². The summed E-state index contributed by atoms with van der Waals surface area (Å²) in [5.74, 6) is -0.519. The van der Waals surface area contributed by atoms with Crippen molar-refractivity contribution in [1.82, 2.24) is 8.87 Å². The SMILES string of the molecule is CCCN(CCC)S(=O)(=O)c1ccc(C(=O)N=c2sc3cccc(OC)c3n2CC(=O)OC)cc1. The molecule has 0 N–H and O–H groups in total. The number of ether oxygens (including phenoxy) is 2. The number of benzene rings is 2. The Bertz CT molecular complexity index is 1370. The van der Waals surface area contributed by atoms with Gasteiger partial charge in [0.2, 0.25) is 10.0 Å². The Hall–Kier alpha value is -3.02. The molecule has 0 radical (unpaired) electrons. The summed E-state index contributed by atoms with van der Waals surface area (Å²) in [6.07, 6.45) is 1.42. The molecule has 35 heavy (non-hydrogen) atoms. The summed E-state index contributed by atoms with van der Waals surface area (Å²) in [5.41, 5.74) is 0.862. The average molecular weight is 520 g/mol. The van der Waals surface area contributed by atoms with Gasteiger partial charge in [-0.05, 0) is 49.2 Å². The van der Waals surface area contributed by atoms with Gasteiger partial charge in [0.25, 0.3) is 5.91 Å². The van der Waals surface area contributed by atoms with Gasteiger partial charge in [0.15, 0.2) is 4.80 Å². The zero-order valence-electron chi connectivity index (χ0n) is 20.2. The van der Waals surface area contributed by atoms with Gasteiger partial charge in [-0.2, -0.15) is 9.30 Å². The molecule has 1 aromatic heterocycles. The highest BCUT2D eigenvalue weighted by molar-refractivity contribution is 7.89. The quantitative estimate of drug-likeness (QED) is 0.380. The van der Waals surface area contributed by atoms with E-state index in [1.165, 1.54) is 54.1 Å². The van der Waals surface area contributed by atoms with E-state index < -0.39 is 21.9 Å². The highest BCUT2D eigenvalue weighted by atomic mass is 32.2. The number of carbonyl (C=O) groups is 2. The number of carbonyl (C=O) groups excluding carboxylic acids is 2. The molecule has 0 spiro atoms. The van der Waals surface area contributed by atoms with Crippen molar-refractivity contribution < 1.29 is 27.5 Å². The Morgan fingerprint density at radius 2 is 1.69 bits per heavy atom. The molecule has 3 aromatic rings. The smallest absolute Gasteiger partial charge is 0.325 e. The van der Waals surface area contributed by atoms with Gasteiger partial charge in [0.05, 0.1) is 23.8 Å². The number of amides is 1. The van der Waals surface area contributed by atoms with Gasteiger partial charge in [-0.15, -0.1) is 0 Å². The van der Waals surface area contributed by atoms with E-state index in [-0.39, 0.29) is 17.0 Å². The number of esters is 1. The normalized spacial score (nSPS) is 12.3. The van der Waals surface area contributed by atoms with Crippen LogP contribution in [0.1, 0.15) is 37.0 Å². The first-order chi connectivity index (χ1) is 16.8. The number of rotatable bonds is 10. The summed E-state index contributed by atoms with van der Waals surface area (Å²) in [6, 6.07) is 11.2. The number of hydrogen-bond acceptors (Lipinski definition) is 7. The molecule has 0 atom stereocenters. The molecule has 0 aliphatic rings. The minimum atomic E-state index is -3.65. The van der Waals surface area contributed by atoms with Crippen molar-refractivity contribution in [3.63, 3.8) is 0 Å². The molecule has 0 fully saturated rings. The molecular weight excluding hydrogens is 490 g/mol. The molecule has 0 bridgehead atoms. The molecule has 9 nitrogen and oxygen atoms in total. The van der Waals surface area contributed by atoms with Gasteiger partial charge in [0, 0.05) is 18.7 Å². The summed E-state index contributed by atoms with van der Waals surface area (Å²) in [4.78, 5) is 29.7. The first-order valence-electron chi connectivity index (χ1n) is 11.2. The van der Waals surface area contributed by atoms with E-state index in [1.807, 2.05) is 26.0 Å². The Kier molecular flexibility index (Phi) is 8.82. The molecular formula is C24H29N3O6S2. The lowest BCUT2D eigenvalue weighted by atomic mass is 10.2. The van der Waals surface area contributed by atoms with Crippen LogP contribution in [0.25, 0.3) is 10.2 Å². The van der Waals surface area contributed by atoms with Crippen LogP contribution in [0.5, 0.6) is 5.75 Å². The van der Waals surface area contributed by atoms with Crippen LogP contribution in [0.4, 0.5) is 0 Å². The van der Waals surface area contributed by atoms with Crippen LogP contribution < -0.4 is 9.54 Å². The lowest BCUT2D eigenvalue weighted by Crippen LogP contribution is -2.32. The fraction of sp³-hybridized carbons (Fsp3) is 0.375. The van der Waals surface area contributed by atoms with E-state index in [4.69, 9.17) is 9.47 Å². The lowest BCUT2D eigenvalue weighted by molar-refractivity contribution is -0.141. The van der Waals surface area contributed by atoms with Crippen LogP contribution >= 0.6 is 11.3 Å². The third-order valence-corrected chi connectivity index (χ3v) is 8.24. The summed E-state index contributed by atoms with van der Waals surface area (Å²) >= 11 is 1.24. The van der Waals surface area contributed by atoms with Gasteiger partial charge in [-0.3, -0.25) is 9.59 Å². The van der Waals surface area contributed by atoms with Crippen molar-refractivity contribution in [3.8, 4) is 5.75 Å². The molecule has 1 heterocycles. The zero-order valence-corrected chi connectivity index (χ0v) is 21.8. The number of hydrogen-bond donors (Lipinski definition) is 0. The molecule has 0 aliphatic heterocycles. The second-order valence-corrected chi connectivity index (χ2v) is 10.6. The highest BCUT2D eigenvalue weighted by Gasteiger charge is 2.23. The largest absolute Gasteiger partial charge is 0.495 e. The van der Waals surface area contributed by atoms with Crippen molar-refractivity contribution in [2.75, 3.05) is 27.3 Å².